The van der Waals surface area contributed by atoms with Crippen LogP contribution in [0.4, 0.5) is 4.79 Å². The summed E-state index contributed by atoms with van der Waals surface area (Å²) in [6.07, 6.45) is 7.84. The minimum absolute atomic E-state index is 0.225. The van der Waals surface area contributed by atoms with Crippen LogP contribution in [0.25, 0.3) is 0 Å². The second kappa shape index (κ2) is 6.48. The first kappa shape index (κ1) is 15.2. The van der Waals surface area contributed by atoms with Crippen molar-refractivity contribution in [2.24, 2.45) is 0 Å². The molecule has 0 radical (unpaired) electrons. The Labute approximate surface area is 121 Å². The van der Waals surface area contributed by atoms with Gasteiger partial charge in [0, 0.05) is 31.2 Å². The molecular formula is C15H27N3O2. The number of hydrogen-bond donors (Lipinski definition) is 2. The van der Waals surface area contributed by atoms with Crippen LogP contribution in [0.2, 0.25) is 0 Å². The van der Waals surface area contributed by atoms with Crippen LogP contribution in [0.3, 0.4) is 0 Å². The van der Waals surface area contributed by atoms with E-state index in [1.807, 2.05) is 20.8 Å². The molecule has 0 saturated heterocycles. The predicted molar refractivity (Wildman–Crippen MR) is 79.0 cm³/mol. The Hall–Kier alpha value is -1.23. The van der Waals surface area contributed by atoms with Crippen LogP contribution in [0.15, 0.2) is 11.8 Å². The van der Waals surface area contributed by atoms with E-state index in [0.717, 1.165) is 6.42 Å². The molecular weight excluding hydrogens is 254 g/mol. The second-order valence-electron chi connectivity index (χ2n) is 6.66. The van der Waals surface area contributed by atoms with E-state index in [-0.39, 0.29) is 6.09 Å². The van der Waals surface area contributed by atoms with Crippen molar-refractivity contribution in [1.82, 2.24) is 15.8 Å². The maximum atomic E-state index is 11.9. The number of carbonyl (C=O) groups excluding carboxylic acids is 1. The van der Waals surface area contributed by atoms with Crippen LogP contribution < -0.4 is 10.9 Å². The van der Waals surface area contributed by atoms with Gasteiger partial charge < -0.3 is 15.1 Å². The normalized spacial score (nSPS) is 20.8. The van der Waals surface area contributed by atoms with E-state index in [4.69, 9.17) is 4.74 Å². The van der Waals surface area contributed by atoms with Crippen molar-refractivity contribution in [3.05, 3.63) is 11.8 Å². The molecule has 0 unspecified atom stereocenters. The van der Waals surface area contributed by atoms with Gasteiger partial charge in [-0.3, -0.25) is 0 Å². The fourth-order valence-electron chi connectivity index (χ4n) is 2.54. The van der Waals surface area contributed by atoms with E-state index in [1.165, 1.54) is 31.4 Å². The van der Waals surface area contributed by atoms with Crippen LogP contribution in [0.1, 0.15) is 52.9 Å². The minimum Gasteiger partial charge on any atom is -0.444 e. The third-order valence-corrected chi connectivity index (χ3v) is 3.65. The summed E-state index contributed by atoms with van der Waals surface area (Å²) in [4.78, 5) is 13.7. The molecule has 2 aliphatic rings. The molecule has 1 heterocycles. The first-order valence-electron chi connectivity index (χ1n) is 7.62. The largest absolute Gasteiger partial charge is 0.444 e. The number of rotatable bonds is 3. The van der Waals surface area contributed by atoms with Crippen molar-refractivity contribution >= 4 is 6.09 Å². The molecule has 0 bridgehead atoms. The fraction of sp³-hybridized carbons (Fsp3) is 0.800. The second-order valence-corrected chi connectivity index (χ2v) is 6.66. The highest BCUT2D eigenvalue weighted by molar-refractivity contribution is 5.68. The lowest BCUT2D eigenvalue weighted by Gasteiger charge is -2.30. The molecule has 2 N–H and O–H groups in total. The van der Waals surface area contributed by atoms with Gasteiger partial charge in [-0.05, 0) is 39.7 Å². The van der Waals surface area contributed by atoms with Crippen LogP contribution in [0, 0.1) is 0 Å². The zero-order valence-electron chi connectivity index (χ0n) is 12.9. The van der Waals surface area contributed by atoms with Gasteiger partial charge in [0.1, 0.15) is 5.60 Å². The summed E-state index contributed by atoms with van der Waals surface area (Å²) < 4.78 is 5.38. The molecule has 0 aromatic heterocycles. The van der Waals surface area contributed by atoms with Crippen molar-refractivity contribution in [3.8, 4) is 0 Å². The number of nitrogens with zero attached hydrogens (tertiary/aromatic N) is 1. The lowest BCUT2D eigenvalue weighted by atomic mass is 10.2. The van der Waals surface area contributed by atoms with E-state index < -0.39 is 5.60 Å². The van der Waals surface area contributed by atoms with Crippen molar-refractivity contribution in [1.29, 1.82) is 0 Å². The van der Waals surface area contributed by atoms with Gasteiger partial charge in [0.15, 0.2) is 0 Å². The summed E-state index contributed by atoms with van der Waals surface area (Å²) in [5, 5.41) is 0. The van der Waals surface area contributed by atoms with Gasteiger partial charge >= 0.3 is 6.09 Å². The number of hydrogen-bond acceptors (Lipinski definition) is 4. The lowest BCUT2D eigenvalue weighted by molar-refractivity contribution is 0.0264. The van der Waals surface area contributed by atoms with E-state index in [9.17, 15) is 4.79 Å². The molecule has 0 atom stereocenters. The average molecular weight is 281 g/mol. The monoisotopic (exact) mass is 281 g/mol. The van der Waals surface area contributed by atoms with Gasteiger partial charge in [-0.15, -0.1) is 0 Å². The molecule has 114 valence electrons. The van der Waals surface area contributed by atoms with E-state index in [1.54, 1.807) is 4.90 Å². The van der Waals surface area contributed by atoms with E-state index >= 15 is 0 Å². The highest BCUT2D eigenvalue weighted by Gasteiger charge is 2.23. The molecule has 0 aromatic carbocycles. The smallest absolute Gasteiger partial charge is 0.410 e. The molecule has 5 heteroatoms. The van der Waals surface area contributed by atoms with Gasteiger partial charge in [0.05, 0.1) is 0 Å². The number of carbonyl (C=O) groups is 1. The van der Waals surface area contributed by atoms with Crippen LogP contribution in [0.5, 0.6) is 0 Å². The lowest BCUT2D eigenvalue weighted by Crippen LogP contribution is -2.43. The van der Waals surface area contributed by atoms with Crippen molar-refractivity contribution in [2.45, 2.75) is 64.5 Å². The Morgan fingerprint density at radius 3 is 2.60 bits per heavy atom. The van der Waals surface area contributed by atoms with Crippen molar-refractivity contribution in [3.63, 3.8) is 0 Å². The molecule has 1 saturated carbocycles. The predicted octanol–water partition coefficient (Wildman–Crippen LogP) is 2.55. The summed E-state index contributed by atoms with van der Waals surface area (Å²) in [6, 6.07) is 0.597. The summed E-state index contributed by atoms with van der Waals surface area (Å²) in [6.45, 7) is 7.00. The van der Waals surface area contributed by atoms with Gasteiger partial charge in [0.2, 0.25) is 0 Å². The fourth-order valence-corrected chi connectivity index (χ4v) is 2.54. The molecule has 1 amide bonds. The number of amides is 1. The number of ether oxygens (including phenoxy) is 1. The first-order valence-corrected chi connectivity index (χ1v) is 7.62. The summed E-state index contributed by atoms with van der Waals surface area (Å²) in [5.74, 6) is 0. The van der Waals surface area contributed by atoms with Crippen LogP contribution in [-0.4, -0.2) is 35.7 Å². The average Bonchev–Trinajstić information content (AvgIpc) is 2.88. The Bertz CT molecular complexity index is 368. The molecule has 0 aromatic rings. The molecule has 20 heavy (non-hydrogen) atoms. The number of nitrogens with one attached hydrogen (secondary N) is 2. The third-order valence-electron chi connectivity index (χ3n) is 3.65. The Kier molecular flexibility index (Phi) is 4.91. The maximum Gasteiger partial charge on any atom is 0.410 e. The topological polar surface area (TPSA) is 53.6 Å². The maximum absolute atomic E-state index is 11.9. The SMILES string of the molecule is CC(C)(C)OC(=O)N1CC=C(NNC2CCCC2)CC1. The van der Waals surface area contributed by atoms with Crippen molar-refractivity contribution < 1.29 is 9.53 Å². The summed E-state index contributed by atoms with van der Waals surface area (Å²) >= 11 is 0. The molecule has 1 fully saturated rings. The summed E-state index contributed by atoms with van der Waals surface area (Å²) in [7, 11) is 0. The van der Waals surface area contributed by atoms with Crippen molar-refractivity contribution in [2.75, 3.05) is 13.1 Å². The van der Waals surface area contributed by atoms with Gasteiger partial charge in [-0.25, -0.2) is 10.2 Å². The Balaban J connectivity index is 1.73. The van der Waals surface area contributed by atoms with Crippen LogP contribution >= 0.6 is 0 Å². The zero-order valence-corrected chi connectivity index (χ0v) is 12.9. The number of hydrazine groups is 1. The minimum atomic E-state index is -0.427. The van der Waals surface area contributed by atoms with Gasteiger partial charge in [-0.2, -0.15) is 0 Å². The quantitative estimate of drug-likeness (QED) is 0.781. The highest BCUT2D eigenvalue weighted by Crippen LogP contribution is 2.18. The molecule has 5 nitrogen and oxygen atoms in total. The molecule has 1 aliphatic carbocycles. The Morgan fingerprint density at radius 2 is 2.05 bits per heavy atom. The summed E-state index contributed by atoms with van der Waals surface area (Å²) in [5.41, 5.74) is 7.43. The molecule has 2 rings (SSSR count). The van der Waals surface area contributed by atoms with Crippen LogP contribution in [-0.2, 0) is 4.74 Å². The highest BCUT2D eigenvalue weighted by atomic mass is 16.6. The first-order chi connectivity index (χ1) is 9.44. The molecule has 1 aliphatic heterocycles. The van der Waals surface area contributed by atoms with E-state index in [0.29, 0.717) is 19.1 Å². The zero-order chi connectivity index (χ0) is 14.6. The third kappa shape index (κ3) is 4.71. The van der Waals surface area contributed by atoms with Gasteiger partial charge in [0.25, 0.3) is 0 Å². The molecule has 0 spiro atoms. The Morgan fingerprint density at radius 1 is 1.35 bits per heavy atom. The van der Waals surface area contributed by atoms with Gasteiger partial charge in [-0.1, -0.05) is 12.8 Å². The van der Waals surface area contributed by atoms with E-state index in [2.05, 4.69) is 16.9 Å². The standard InChI is InChI=1S/C15H27N3O2/c1-15(2,3)20-14(19)18-10-8-13(9-11-18)17-16-12-6-4-5-7-12/h8,12,16-17H,4-7,9-11H2,1-3H3.